The number of carbonyl (C=O) groups is 2. The minimum absolute atomic E-state index is 0.0515. The zero-order valence-corrected chi connectivity index (χ0v) is 19.2. The Balaban J connectivity index is 1.78. The molecular weight excluding hydrogens is 414 g/mol. The molecule has 1 heterocycles. The van der Waals surface area contributed by atoms with E-state index in [9.17, 15) is 9.59 Å². The predicted octanol–water partition coefficient (Wildman–Crippen LogP) is 5.20. The van der Waals surface area contributed by atoms with Gasteiger partial charge in [0.15, 0.2) is 0 Å². The third-order valence-electron chi connectivity index (χ3n) is 6.26. The van der Waals surface area contributed by atoms with Crippen LogP contribution >= 0.6 is 0 Å². The van der Waals surface area contributed by atoms with E-state index in [1.54, 1.807) is 50.4 Å². The molecule has 0 aliphatic carbocycles. The van der Waals surface area contributed by atoms with Gasteiger partial charge in [0.05, 0.1) is 13.2 Å². The average Bonchev–Trinajstić information content (AvgIpc) is 2.84. The van der Waals surface area contributed by atoms with Crippen molar-refractivity contribution in [2.24, 2.45) is 0 Å². The van der Waals surface area contributed by atoms with E-state index >= 15 is 0 Å². The predicted molar refractivity (Wildman–Crippen MR) is 132 cm³/mol. The van der Waals surface area contributed by atoms with Gasteiger partial charge in [0.1, 0.15) is 5.75 Å². The zero-order chi connectivity index (χ0) is 23.5. The molecule has 2 N–H and O–H groups in total. The maximum atomic E-state index is 13.6. The molecule has 2 atom stereocenters. The number of para-hydroxylation sites is 1. The first-order valence-electron chi connectivity index (χ1n) is 11.2. The molecule has 3 aromatic rings. The van der Waals surface area contributed by atoms with Crippen molar-refractivity contribution in [2.45, 2.75) is 38.8 Å². The van der Waals surface area contributed by atoms with Crippen LogP contribution in [0.3, 0.4) is 0 Å². The molecule has 33 heavy (non-hydrogen) atoms. The fourth-order valence-corrected chi connectivity index (χ4v) is 4.63. The second kappa shape index (κ2) is 9.36. The molecule has 0 spiro atoms. The third-order valence-corrected chi connectivity index (χ3v) is 6.26. The molecule has 0 fully saturated rings. The van der Waals surface area contributed by atoms with E-state index in [0.717, 1.165) is 23.4 Å². The minimum atomic E-state index is -0.188. The quantitative estimate of drug-likeness (QED) is 0.550. The molecule has 2 amide bonds. The van der Waals surface area contributed by atoms with E-state index in [4.69, 9.17) is 10.5 Å². The van der Waals surface area contributed by atoms with Crippen LogP contribution < -0.4 is 20.3 Å². The number of nitrogens with zero attached hydrogens (tertiary/aromatic N) is 2. The summed E-state index contributed by atoms with van der Waals surface area (Å²) in [7, 11) is 1.60. The molecule has 6 nitrogen and oxygen atoms in total. The maximum absolute atomic E-state index is 13.6. The van der Waals surface area contributed by atoms with Gasteiger partial charge in [-0.15, -0.1) is 0 Å². The minimum Gasteiger partial charge on any atom is -0.497 e. The summed E-state index contributed by atoms with van der Waals surface area (Å²) in [5.41, 5.74) is 9.70. The Labute approximate surface area is 194 Å². The second-order valence-electron chi connectivity index (χ2n) is 8.26. The number of hydrogen-bond donors (Lipinski definition) is 1. The van der Waals surface area contributed by atoms with Gasteiger partial charge in [0.25, 0.3) is 5.91 Å². The molecule has 0 saturated carbocycles. The summed E-state index contributed by atoms with van der Waals surface area (Å²) in [5.74, 6) is 0.597. The largest absolute Gasteiger partial charge is 0.497 e. The number of rotatable bonds is 5. The van der Waals surface area contributed by atoms with Gasteiger partial charge in [-0.2, -0.15) is 0 Å². The average molecular weight is 444 g/mol. The van der Waals surface area contributed by atoms with Crippen LogP contribution in [0.15, 0.2) is 72.8 Å². The first-order chi connectivity index (χ1) is 15.9. The summed E-state index contributed by atoms with van der Waals surface area (Å²) in [6.07, 6.45) is 1.40. The number of benzene rings is 3. The van der Waals surface area contributed by atoms with Crippen LogP contribution in [-0.4, -0.2) is 25.0 Å². The van der Waals surface area contributed by atoms with E-state index in [2.05, 4.69) is 6.92 Å². The van der Waals surface area contributed by atoms with Crippen molar-refractivity contribution in [1.29, 1.82) is 0 Å². The fourth-order valence-electron chi connectivity index (χ4n) is 4.63. The summed E-state index contributed by atoms with van der Waals surface area (Å²) >= 11 is 0. The monoisotopic (exact) mass is 443 g/mol. The van der Waals surface area contributed by atoms with Crippen LogP contribution in [0.4, 0.5) is 17.1 Å². The summed E-state index contributed by atoms with van der Waals surface area (Å²) in [4.78, 5) is 30.2. The van der Waals surface area contributed by atoms with Gasteiger partial charge >= 0.3 is 0 Å². The number of carbonyl (C=O) groups excluding carboxylic acids is 2. The van der Waals surface area contributed by atoms with Crippen molar-refractivity contribution < 1.29 is 14.3 Å². The Morgan fingerprint density at radius 3 is 2.30 bits per heavy atom. The van der Waals surface area contributed by atoms with E-state index < -0.39 is 0 Å². The highest BCUT2D eigenvalue weighted by Crippen LogP contribution is 2.43. The van der Waals surface area contributed by atoms with Gasteiger partial charge in [0, 0.05) is 35.6 Å². The molecule has 0 bridgehead atoms. The number of ether oxygens (including phenoxy) is 1. The molecule has 1 aliphatic heterocycles. The lowest BCUT2D eigenvalue weighted by Gasteiger charge is -2.44. The highest BCUT2D eigenvalue weighted by atomic mass is 16.5. The number of amides is 2. The summed E-state index contributed by atoms with van der Waals surface area (Å²) in [6.45, 7) is 3.65. The van der Waals surface area contributed by atoms with Crippen LogP contribution in [0.5, 0.6) is 5.75 Å². The zero-order valence-electron chi connectivity index (χ0n) is 19.2. The first kappa shape index (κ1) is 22.4. The van der Waals surface area contributed by atoms with Gasteiger partial charge in [0.2, 0.25) is 5.91 Å². The van der Waals surface area contributed by atoms with Crippen molar-refractivity contribution in [2.75, 3.05) is 22.6 Å². The molecule has 6 heteroatoms. The lowest BCUT2D eigenvalue weighted by Crippen LogP contribution is -2.48. The normalized spacial score (nSPS) is 17.2. The van der Waals surface area contributed by atoms with Crippen molar-refractivity contribution in [1.82, 2.24) is 0 Å². The van der Waals surface area contributed by atoms with E-state index in [1.807, 2.05) is 46.2 Å². The van der Waals surface area contributed by atoms with Gasteiger partial charge in [-0.05, 0) is 73.0 Å². The molecule has 0 radical (unpaired) electrons. The number of nitrogen functional groups attached to an aromatic ring is 1. The second-order valence-corrected chi connectivity index (χ2v) is 8.26. The molecule has 4 rings (SSSR count). The van der Waals surface area contributed by atoms with Crippen LogP contribution in [0.2, 0.25) is 0 Å². The molecule has 0 saturated heterocycles. The molecule has 3 aromatic carbocycles. The molecule has 170 valence electrons. The van der Waals surface area contributed by atoms with Gasteiger partial charge in [-0.25, -0.2) is 0 Å². The Hall–Kier alpha value is -3.80. The molecule has 0 aromatic heterocycles. The number of methoxy groups -OCH3 is 1. The van der Waals surface area contributed by atoms with Gasteiger partial charge in [-0.3, -0.25) is 9.59 Å². The van der Waals surface area contributed by atoms with Crippen LogP contribution in [-0.2, 0) is 4.79 Å². The Morgan fingerprint density at radius 2 is 1.70 bits per heavy atom. The van der Waals surface area contributed by atoms with Crippen LogP contribution in [0.25, 0.3) is 0 Å². The first-order valence-corrected chi connectivity index (χ1v) is 11.2. The van der Waals surface area contributed by atoms with Crippen molar-refractivity contribution >= 4 is 28.9 Å². The maximum Gasteiger partial charge on any atom is 0.258 e. The Bertz CT molecular complexity index is 1140. The number of fused-ring (bicyclic) bond motifs is 1. The lowest BCUT2D eigenvalue weighted by molar-refractivity contribution is -0.117. The molecule has 1 aliphatic rings. The lowest BCUT2D eigenvalue weighted by atomic mass is 9.87. The SMILES string of the molecule is CC[C@H]1C[C@@H](N(C(C)=O)c2ccc(N)cc2)c2ccccc2N1C(=O)c1ccc(OC)cc1. The third kappa shape index (κ3) is 4.29. The van der Waals surface area contributed by atoms with E-state index in [1.165, 1.54) is 0 Å². The van der Waals surface area contributed by atoms with Crippen molar-refractivity contribution in [3.05, 3.63) is 83.9 Å². The van der Waals surface area contributed by atoms with Crippen LogP contribution in [0.1, 0.15) is 48.7 Å². The topological polar surface area (TPSA) is 75.9 Å². The number of anilines is 3. The standard InChI is InChI=1S/C27H29N3O3/c1-4-21-17-26(29(18(2)31)22-13-11-20(28)12-14-22)24-7-5-6-8-25(24)30(21)27(32)19-9-15-23(33-3)16-10-19/h5-16,21,26H,4,17,28H2,1-3H3/t21-,26+/m0/s1. The van der Waals surface area contributed by atoms with E-state index in [0.29, 0.717) is 23.4 Å². The van der Waals surface area contributed by atoms with Crippen LogP contribution in [0, 0.1) is 0 Å². The molecule has 0 unspecified atom stereocenters. The summed E-state index contributed by atoms with van der Waals surface area (Å²) in [5, 5.41) is 0. The fraction of sp³-hybridized carbons (Fsp3) is 0.259. The number of hydrogen-bond acceptors (Lipinski definition) is 4. The van der Waals surface area contributed by atoms with Gasteiger partial charge in [-0.1, -0.05) is 25.1 Å². The van der Waals surface area contributed by atoms with E-state index in [-0.39, 0.29) is 23.9 Å². The van der Waals surface area contributed by atoms with Crippen molar-refractivity contribution in [3.63, 3.8) is 0 Å². The Kier molecular flexibility index (Phi) is 6.36. The Morgan fingerprint density at radius 1 is 1.03 bits per heavy atom. The van der Waals surface area contributed by atoms with Gasteiger partial charge < -0.3 is 20.3 Å². The highest BCUT2D eigenvalue weighted by molar-refractivity contribution is 6.07. The molecular formula is C27H29N3O3. The van der Waals surface area contributed by atoms with Crippen molar-refractivity contribution in [3.8, 4) is 5.75 Å². The smallest absolute Gasteiger partial charge is 0.258 e. The summed E-state index contributed by atoms with van der Waals surface area (Å²) in [6, 6.07) is 22.1. The summed E-state index contributed by atoms with van der Waals surface area (Å²) < 4.78 is 5.23. The highest BCUT2D eigenvalue weighted by Gasteiger charge is 2.39. The number of nitrogens with two attached hydrogens (primary N) is 1.